The zero-order chi connectivity index (χ0) is 99.3. The molecular weight excluding hydrogens is 2830 g/mol. The number of methoxy groups -OCH3 is 1. The molecule has 751 valence electrons. The van der Waals surface area contributed by atoms with Crippen LogP contribution in [-0.2, 0) is 138 Å². The Morgan fingerprint density at radius 3 is 0.775 bits per heavy atom. The topological polar surface area (TPSA) is 273 Å². The van der Waals surface area contributed by atoms with Crippen LogP contribution in [0.25, 0.3) is 102 Å². The van der Waals surface area contributed by atoms with Crippen LogP contribution in [0.15, 0.2) is 281 Å². The molecule has 21 nitrogen and oxygen atoms in total. The van der Waals surface area contributed by atoms with E-state index in [0.29, 0.717) is 28.5 Å². The van der Waals surface area contributed by atoms with Gasteiger partial charge in [0.2, 0.25) is 0 Å². The maximum atomic E-state index is 13.2. The first-order valence-electron chi connectivity index (χ1n) is 37.6. The van der Waals surface area contributed by atoms with Gasteiger partial charge in [0.1, 0.15) is 11.6 Å². The van der Waals surface area contributed by atoms with Gasteiger partial charge in [-0.1, -0.05) is 138 Å². The quantitative estimate of drug-likeness (QED) is 0.0909. The number of benzene rings is 4. The molecule has 0 aliphatic carbocycles. The van der Waals surface area contributed by atoms with Gasteiger partial charge in [0, 0.05) is 237 Å². The van der Waals surface area contributed by atoms with Gasteiger partial charge in [0.15, 0.2) is 0 Å². The predicted molar refractivity (Wildman–Crippen MR) is 432 cm³/mol. The van der Waals surface area contributed by atoms with Gasteiger partial charge in [-0.3, -0.25) is 65.1 Å². The second-order valence-electron chi connectivity index (χ2n) is 25.9. The molecule has 0 unspecified atom stereocenters. The summed E-state index contributed by atoms with van der Waals surface area (Å²) >= 11 is 0. The molecule has 5 radical (unpaired) electrons. The Kier molecular flexibility index (Phi) is 46.1. The molecule has 0 aliphatic heterocycles. The molecular formula is C90H49F26Ir5N20O-9. The molecule has 0 amide bonds. The van der Waals surface area contributed by atoms with Crippen molar-refractivity contribution in [3.63, 3.8) is 0 Å². The number of hydrogen-bond acceptors (Lipinski definition) is 16. The molecule has 18 rings (SSSR count). The van der Waals surface area contributed by atoms with Crippen molar-refractivity contribution in [1.29, 1.82) is 0 Å². The smallest absolute Gasteiger partial charge is 0.429 e. The van der Waals surface area contributed by atoms with E-state index in [-0.39, 0.29) is 174 Å². The number of nitrogens with zero attached hydrogens (tertiary/aromatic N) is 20. The predicted octanol–water partition coefficient (Wildman–Crippen LogP) is 22.3. The maximum Gasteiger partial charge on any atom is 0.429 e. The first-order chi connectivity index (χ1) is 65.0. The van der Waals surface area contributed by atoms with E-state index in [1.54, 1.807) is 134 Å². The van der Waals surface area contributed by atoms with E-state index in [2.05, 4.69) is 124 Å². The average Bonchev–Trinajstić information content (AvgIpc) is 1.63. The number of hydrogen-bond donors (Lipinski definition) is 0. The van der Waals surface area contributed by atoms with Crippen LogP contribution in [0.3, 0.4) is 0 Å². The van der Waals surface area contributed by atoms with Gasteiger partial charge in [-0.05, 0) is 130 Å². The molecule has 0 fully saturated rings. The Morgan fingerprint density at radius 1 is 0.268 bits per heavy atom. The standard InChI is InChI=1S/4C11H6F2N.C10H4F6N3.C10H7F3N3O.2C9H5F3N3.C8H4F3N4.5Ir/c4*12-8-4-5-9(10(13)7-8)11-3-1-2-6-14-11;11-9(12,13)6-7(10(14,15)16)19-8(18-6)5-3-1-2-4-17-5;1-17-6-2-3-14-7(4-6)8-9(10(11,12)13)16-5-15-8;2*10-9(11,12)8-7(14-5-15-8)6-3-1-2-4-13-6;9-8(10,11)7-13-6(14-15-7)5-3-1-2-4-12-5;;;;;/h4*1-4,6-7H;1-4H;2-5H,1H3;2*1-5H;1-4H;;;;;/q9*-1;;;;;. The summed E-state index contributed by atoms with van der Waals surface area (Å²) in [6.07, 6.45) is -12.9. The summed E-state index contributed by atoms with van der Waals surface area (Å²) in [6.45, 7) is 0. The number of ether oxygens (including phenoxy) is 1. The molecule has 4 aromatic carbocycles. The maximum absolute atomic E-state index is 13.2. The minimum atomic E-state index is -5.23. The Hall–Kier alpha value is -13.6. The van der Waals surface area contributed by atoms with Crippen molar-refractivity contribution < 1.29 is 219 Å². The molecule has 0 saturated carbocycles. The number of aromatic nitrogens is 20. The summed E-state index contributed by atoms with van der Waals surface area (Å²) in [5, 5.41) is 6.25. The third-order valence-corrected chi connectivity index (χ3v) is 16.4. The average molecular weight is 2880 g/mol. The molecule has 52 heteroatoms. The van der Waals surface area contributed by atoms with Crippen molar-refractivity contribution in [3.8, 4) is 108 Å². The number of alkyl halides is 18. The number of pyridine rings is 9. The minimum Gasteiger partial charge on any atom is -0.497 e. The molecule has 14 heterocycles. The van der Waals surface area contributed by atoms with Gasteiger partial charge in [-0.15, -0.1) is 48.5 Å². The van der Waals surface area contributed by atoms with E-state index in [1.165, 1.54) is 86.6 Å². The first kappa shape index (κ1) is 119. The van der Waals surface area contributed by atoms with Crippen LogP contribution in [0, 0.1) is 70.8 Å². The van der Waals surface area contributed by atoms with Gasteiger partial charge in [0.05, 0.1) is 35.6 Å². The van der Waals surface area contributed by atoms with Crippen LogP contribution in [0.4, 0.5) is 114 Å². The molecule has 0 atom stereocenters. The van der Waals surface area contributed by atoms with Crippen molar-refractivity contribution in [2.75, 3.05) is 7.11 Å². The fourth-order valence-corrected chi connectivity index (χ4v) is 10.6. The molecule has 0 N–H and O–H groups in total. The molecule has 0 spiro atoms. The van der Waals surface area contributed by atoms with E-state index >= 15 is 0 Å². The van der Waals surface area contributed by atoms with Crippen LogP contribution < -0.4 is 29.8 Å². The van der Waals surface area contributed by atoms with Crippen molar-refractivity contribution >= 4 is 0 Å². The van der Waals surface area contributed by atoms with Crippen LogP contribution in [-0.4, -0.2) is 82.0 Å². The SMILES string of the molecule is COc1ccnc(-c2[n-]cnc2C(F)(F)F)c1.FC(F)(F)c1n[n-]c(-c2ccccn2)n1.FC(F)(F)c1nc(-c2ccccn2)[n-]c1C(F)(F)F.FC(F)(F)c1nc[n-]c1-c1ccccn1.FC(F)(F)c1nc[n-]c1-c1ccccn1.Fc1c[c-]c(-c2ccccn2)c(F)c1.Fc1c[c-]c(-c2ccccn2)c(F)c1.Fc1c[c-]c(-c2ccccn2)c(F)c1.Fc1c[c-]c(-c2ccccn2)c(F)c1.[Ir].[Ir].[Ir].[Ir].[Ir]. The third kappa shape index (κ3) is 35.3. The van der Waals surface area contributed by atoms with Crippen LogP contribution in [0.2, 0.25) is 0 Å². The molecule has 18 aromatic rings. The molecule has 0 bridgehead atoms. The van der Waals surface area contributed by atoms with Crippen LogP contribution in [0.5, 0.6) is 5.75 Å². The second kappa shape index (κ2) is 55.0. The Balaban J connectivity index is 0.000000281. The second-order valence-corrected chi connectivity index (χ2v) is 25.9. The minimum absolute atomic E-state index is 0. The van der Waals surface area contributed by atoms with E-state index in [4.69, 9.17) is 4.74 Å². The Morgan fingerprint density at radius 2 is 0.535 bits per heavy atom. The number of halogens is 26. The summed E-state index contributed by atoms with van der Waals surface area (Å²) in [6, 6.07) is 59.2. The summed E-state index contributed by atoms with van der Waals surface area (Å²) < 4.78 is 332. The number of imidazole rings is 4. The summed E-state index contributed by atoms with van der Waals surface area (Å²) in [4.78, 5) is 63.9. The van der Waals surface area contributed by atoms with Crippen molar-refractivity contribution in [2.24, 2.45) is 0 Å². The molecule has 0 aliphatic rings. The Labute approximate surface area is 851 Å². The molecule has 142 heavy (non-hydrogen) atoms. The van der Waals surface area contributed by atoms with E-state index < -0.39 is 124 Å². The fourth-order valence-electron chi connectivity index (χ4n) is 10.6. The van der Waals surface area contributed by atoms with Crippen molar-refractivity contribution in [1.82, 2.24) is 99.9 Å². The molecule has 0 saturated heterocycles. The van der Waals surface area contributed by atoms with Gasteiger partial charge in [-0.2, -0.15) is 79.0 Å². The zero-order valence-electron chi connectivity index (χ0n) is 69.9. The summed E-state index contributed by atoms with van der Waals surface area (Å²) in [7, 11) is 1.42. The van der Waals surface area contributed by atoms with E-state index in [0.717, 1.165) is 67.5 Å². The molecule has 14 aromatic heterocycles. The first-order valence-corrected chi connectivity index (χ1v) is 37.6. The van der Waals surface area contributed by atoms with Gasteiger partial charge < -0.3 is 74.6 Å². The largest absolute Gasteiger partial charge is 0.497 e. The van der Waals surface area contributed by atoms with Crippen molar-refractivity contribution in [3.05, 3.63) is 386 Å². The Bertz CT molecular complexity index is 6340. The van der Waals surface area contributed by atoms with E-state index in [9.17, 15) is 114 Å². The van der Waals surface area contributed by atoms with E-state index in [1.807, 2.05) is 0 Å². The van der Waals surface area contributed by atoms with Gasteiger partial charge >= 0.3 is 37.1 Å². The summed E-state index contributed by atoms with van der Waals surface area (Å²) in [5.41, 5.74) is -4.85. The van der Waals surface area contributed by atoms with Crippen LogP contribution in [0.1, 0.15) is 34.3 Å². The van der Waals surface area contributed by atoms with Gasteiger partial charge in [0.25, 0.3) is 0 Å². The zero-order valence-corrected chi connectivity index (χ0v) is 81.9. The summed E-state index contributed by atoms with van der Waals surface area (Å²) in [5.74, 6) is -6.81. The van der Waals surface area contributed by atoms with Crippen LogP contribution >= 0.6 is 0 Å². The third-order valence-electron chi connectivity index (χ3n) is 16.4. The van der Waals surface area contributed by atoms with Gasteiger partial charge in [-0.25, -0.2) is 0 Å². The normalized spacial score (nSPS) is 10.8. The number of rotatable bonds is 10. The van der Waals surface area contributed by atoms with Crippen molar-refractivity contribution in [2.45, 2.75) is 37.1 Å². The fraction of sp³-hybridized carbons (Fsp3) is 0.0778. The monoisotopic (exact) mass is 2880 g/mol.